The Morgan fingerprint density at radius 1 is 1.52 bits per heavy atom. The number of anilines is 2. The number of hydrogen-bond acceptors (Lipinski definition) is 7. The van der Waals surface area contributed by atoms with Crippen LogP contribution in [-0.2, 0) is 0 Å². The van der Waals surface area contributed by atoms with E-state index in [0.29, 0.717) is 13.1 Å². The lowest BCUT2D eigenvalue weighted by Crippen LogP contribution is -2.33. The number of hydrogen-bond donors (Lipinski definition) is 1. The highest BCUT2D eigenvalue weighted by Gasteiger charge is 2.27. The molecular weight excluding hydrogens is 272 g/mol. The summed E-state index contributed by atoms with van der Waals surface area (Å²) in [5.74, 6) is 0.466. The Morgan fingerprint density at radius 2 is 2.24 bits per heavy atom. The molecule has 1 aromatic rings. The Kier molecular flexibility index (Phi) is 6.33. The third-order valence-corrected chi connectivity index (χ3v) is 2.89. The second-order valence-corrected chi connectivity index (χ2v) is 4.77. The van der Waals surface area contributed by atoms with Crippen LogP contribution in [0.2, 0.25) is 0 Å². The Bertz CT molecular complexity index is 526. The van der Waals surface area contributed by atoms with Crippen LogP contribution in [0.15, 0.2) is 6.33 Å². The third-order valence-electron chi connectivity index (χ3n) is 2.89. The molecule has 0 saturated heterocycles. The number of nitrogens with one attached hydrogen (secondary N) is 1. The Morgan fingerprint density at radius 3 is 2.76 bits per heavy atom. The molecule has 0 atom stereocenters. The van der Waals surface area contributed by atoms with Gasteiger partial charge in [-0.25, -0.2) is 9.97 Å². The minimum Gasteiger partial charge on any atom is -0.364 e. The van der Waals surface area contributed by atoms with Gasteiger partial charge in [-0.3, -0.25) is 10.1 Å². The van der Waals surface area contributed by atoms with Gasteiger partial charge in [-0.1, -0.05) is 6.92 Å². The van der Waals surface area contributed by atoms with Crippen molar-refractivity contribution in [3.63, 3.8) is 0 Å². The summed E-state index contributed by atoms with van der Waals surface area (Å²) in [6.45, 7) is 6.76. The van der Waals surface area contributed by atoms with Crippen LogP contribution < -0.4 is 10.2 Å². The summed E-state index contributed by atoms with van der Waals surface area (Å²) < 4.78 is 0. The average Bonchev–Trinajstić information content (AvgIpc) is 2.44. The summed E-state index contributed by atoms with van der Waals surface area (Å²) in [7, 11) is 0. The van der Waals surface area contributed by atoms with Gasteiger partial charge in [-0.15, -0.1) is 0 Å². The highest BCUT2D eigenvalue weighted by molar-refractivity contribution is 5.70. The maximum atomic E-state index is 11.4. The molecule has 0 aliphatic heterocycles. The molecule has 0 unspecified atom stereocenters. The van der Waals surface area contributed by atoms with E-state index in [-0.39, 0.29) is 29.8 Å². The first-order valence-electron chi connectivity index (χ1n) is 6.89. The first-order chi connectivity index (χ1) is 10.0. The summed E-state index contributed by atoms with van der Waals surface area (Å²) in [5, 5.41) is 23.1. The van der Waals surface area contributed by atoms with Crippen LogP contribution in [0.5, 0.6) is 0 Å². The molecule has 0 aromatic carbocycles. The molecule has 0 spiro atoms. The van der Waals surface area contributed by atoms with Gasteiger partial charge in [0.1, 0.15) is 6.33 Å². The summed E-state index contributed by atoms with van der Waals surface area (Å²) in [5.41, 5.74) is -0.141. The summed E-state index contributed by atoms with van der Waals surface area (Å²) in [4.78, 5) is 20.7. The number of nitrogens with zero attached hydrogens (tertiary/aromatic N) is 5. The highest BCUT2D eigenvalue weighted by atomic mass is 16.6. The minimum absolute atomic E-state index is 0.00836. The number of nitriles is 1. The van der Waals surface area contributed by atoms with Crippen LogP contribution in [0.1, 0.15) is 33.6 Å². The van der Waals surface area contributed by atoms with Gasteiger partial charge in [0.2, 0.25) is 11.6 Å². The van der Waals surface area contributed by atoms with Gasteiger partial charge in [0.05, 0.1) is 17.4 Å². The lowest BCUT2D eigenvalue weighted by Gasteiger charge is -2.26. The molecule has 0 fully saturated rings. The molecule has 0 radical (unpaired) electrons. The fourth-order valence-electron chi connectivity index (χ4n) is 1.90. The zero-order valence-electron chi connectivity index (χ0n) is 12.5. The smallest absolute Gasteiger partial charge is 0.353 e. The summed E-state index contributed by atoms with van der Waals surface area (Å²) in [6, 6.07) is 2.04. The van der Waals surface area contributed by atoms with Crippen LogP contribution in [0, 0.1) is 21.4 Å². The Balaban J connectivity index is 3.25. The van der Waals surface area contributed by atoms with Crippen molar-refractivity contribution in [1.29, 1.82) is 5.26 Å². The van der Waals surface area contributed by atoms with E-state index in [9.17, 15) is 10.1 Å². The molecule has 21 heavy (non-hydrogen) atoms. The molecule has 1 heterocycles. The van der Waals surface area contributed by atoms with Gasteiger partial charge in [0.25, 0.3) is 0 Å². The average molecular weight is 292 g/mol. The number of aromatic nitrogens is 2. The molecular formula is C13H20N6O2. The van der Waals surface area contributed by atoms with Gasteiger partial charge >= 0.3 is 5.69 Å². The van der Waals surface area contributed by atoms with Crippen molar-refractivity contribution < 1.29 is 4.92 Å². The van der Waals surface area contributed by atoms with E-state index in [2.05, 4.69) is 15.3 Å². The van der Waals surface area contributed by atoms with E-state index >= 15 is 0 Å². The molecule has 114 valence electrons. The predicted octanol–water partition coefficient (Wildman–Crippen LogP) is 2.34. The lowest BCUT2D eigenvalue weighted by molar-refractivity contribution is -0.383. The Labute approximate surface area is 124 Å². The van der Waals surface area contributed by atoms with Crippen molar-refractivity contribution >= 4 is 17.3 Å². The van der Waals surface area contributed by atoms with Gasteiger partial charge in [0.15, 0.2) is 0 Å². The van der Waals surface area contributed by atoms with Crippen molar-refractivity contribution in [3.05, 3.63) is 16.4 Å². The lowest BCUT2D eigenvalue weighted by atomic mass is 10.2. The van der Waals surface area contributed by atoms with Crippen LogP contribution in [0.3, 0.4) is 0 Å². The zero-order valence-corrected chi connectivity index (χ0v) is 12.5. The van der Waals surface area contributed by atoms with E-state index in [1.54, 1.807) is 4.90 Å². The Hall–Kier alpha value is -2.43. The minimum atomic E-state index is -0.477. The van der Waals surface area contributed by atoms with Gasteiger partial charge in [-0.05, 0) is 20.3 Å². The molecule has 0 amide bonds. The quantitative estimate of drug-likeness (QED) is 0.578. The number of nitro groups is 1. The van der Waals surface area contributed by atoms with Crippen LogP contribution in [-0.4, -0.2) is 34.0 Å². The van der Waals surface area contributed by atoms with Crippen molar-refractivity contribution in [1.82, 2.24) is 9.97 Å². The predicted molar refractivity (Wildman–Crippen MR) is 80.2 cm³/mol. The van der Waals surface area contributed by atoms with Crippen molar-refractivity contribution in [2.24, 2.45) is 0 Å². The zero-order chi connectivity index (χ0) is 15.8. The second-order valence-electron chi connectivity index (χ2n) is 4.77. The maximum Gasteiger partial charge on any atom is 0.353 e. The van der Waals surface area contributed by atoms with Crippen molar-refractivity contribution in [2.75, 3.05) is 23.3 Å². The van der Waals surface area contributed by atoms with E-state index in [0.717, 1.165) is 6.42 Å². The molecule has 1 aromatic heterocycles. The molecule has 0 bridgehead atoms. The third kappa shape index (κ3) is 4.27. The first-order valence-corrected chi connectivity index (χ1v) is 6.89. The largest absolute Gasteiger partial charge is 0.364 e. The topological polar surface area (TPSA) is 108 Å². The SMILES string of the molecule is CCCNc1ncnc(N(CCC#N)C(C)C)c1[N+](=O)[O-]. The molecule has 8 heteroatoms. The van der Waals surface area contributed by atoms with Crippen LogP contribution in [0.4, 0.5) is 17.3 Å². The molecule has 0 aliphatic rings. The van der Waals surface area contributed by atoms with Crippen LogP contribution >= 0.6 is 0 Å². The second kappa shape index (κ2) is 7.99. The molecule has 0 aliphatic carbocycles. The first kappa shape index (κ1) is 16.6. The molecule has 1 N–H and O–H groups in total. The van der Waals surface area contributed by atoms with Gasteiger partial charge < -0.3 is 10.2 Å². The van der Waals surface area contributed by atoms with Crippen molar-refractivity contribution in [3.8, 4) is 6.07 Å². The van der Waals surface area contributed by atoms with Gasteiger partial charge in [-0.2, -0.15) is 5.26 Å². The molecule has 8 nitrogen and oxygen atoms in total. The molecule has 0 saturated carbocycles. The fraction of sp³-hybridized carbons (Fsp3) is 0.615. The monoisotopic (exact) mass is 292 g/mol. The van der Waals surface area contributed by atoms with E-state index in [1.807, 2.05) is 26.8 Å². The standard InChI is InChI=1S/C13H20N6O2/c1-4-7-15-12-11(19(20)21)13(17-9-16-12)18(10(2)3)8-5-6-14/h9-10H,4-5,7-8H2,1-3H3,(H,15,16,17). The molecule has 1 rings (SSSR count). The normalized spacial score (nSPS) is 10.2. The highest BCUT2D eigenvalue weighted by Crippen LogP contribution is 2.32. The van der Waals surface area contributed by atoms with Gasteiger partial charge in [0, 0.05) is 19.1 Å². The van der Waals surface area contributed by atoms with E-state index in [1.165, 1.54) is 6.33 Å². The summed E-state index contributed by atoms with van der Waals surface area (Å²) in [6.07, 6.45) is 2.41. The fourth-order valence-corrected chi connectivity index (χ4v) is 1.90. The van der Waals surface area contributed by atoms with E-state index in [4.69, 9.17) is 5.26 Å². The van der Waals surface area contributed by atoms with Crippen molar-refractivity contribution in [2.45, 2.75) is 39.7 Å². The maximum absolute atomic E-state index is 11.4. The summed E-state index contributed by atoms with van der Waals surface area (Å²) >= 11 is 0. The number of rotatable bonds is 8. The van der Waals surface area contributed by atoms with E-state index < -0.39 is 4.92 Å². The van der Waals surface area contributed by atoms with Crippen LogP contribution in [0.25, 0.3) is 0 Å².